The highest BCUT2D eigenvalue weighted by atomic mass is 35.5. The van der Waals surface area contributed by atoms with E-state index in [4.69, 9.17) is 16.3 Å². The Kier molecular flexibility index (Phi) is 5.88. The molecule has 1 saturated heterocycles. The van der Waals surface area contributed by atoms with Gasteiger partial charge in [-0.15, -0.1) is 0 Å². The molecule has 0 radical (unpaired) electrons. The molecule has 0 saturated carbocycles. The van der Waals surface area contributed by atoms with Crippen LogP contribution >= 0.6 is 11.6 Å². The smallest absolute Gasteiger partial charge is 0.312 e. The van der Waals surface area contributed by atoms with Gasteiger partial charge in [-0.2, -0.15) is 0 Å². The molecule has 1 heterocycles. The van der Waals surface area contributed by atoms with Crippen molar-refractivity contribution >= 4 is 29.4 Å². The Hall–Kier alpha value is -2.41. The normalized spacial score (nSPS) is 15.4. The number of phenols is 1. The topological polar surface area (TPSA) is 75.8 Å². The molecule has 0 amide bonds. The van der Waals surface area contributed by atoms with E-state index < -0.39 is 10.6 Å². The molecular weight excluding hydrogens is 356 g/mol. The molecule has 0 aromatic heterocycles. The number of nitrogens with zero attached hydrogens (tertiary/aromatic N) is 2. The van der Waals surface area contributed by atoms with Crippen LogP contribution in [-0.4, -0.2) is 41.2 Å². The first-order valence-corrected chi connectivity index (χ1v) is 8.65. The van der Waals surface area contributed by atoms with E-state index in [0.29, 0.717) is 5.56 Å². The third-order valence-corrected chi connectivity index (χ3v) is 4.44. The average Bonchev–Trinajstić information content (AvgIpc) is 2.64. The molecule has 2 aromatic rings. The lowest BCUT2D eigenvalue weighted by Crippen LogP contribution is -2.35. The van der Waals surface area contributed by atoms with Crippen LogP contribution in [0.3, 0.4) is 0 Å². The third-order valence-electron chi connectivity index (χ3n) is 4.23. The molecule has 0 atom stereocenters. The van der Waals surface area contributed by atoms with Crippen LogP contribution in [0.5, 0.6) is 5.75 Å². The van der Waals surface area contributed by atoms with Crippen molar-refractivity contribution in [2.75, 3.05) is 26.3 Å². The van der Waals surface area contributed by atoms with E-state index in [2.05, 4.69) is 17.0 Å². The SMILES string of the molecule is O=[N+]([O-])c1cc(Cl)cc(/C=C/c2ccc(CN3CCOCC3)cc2)c1O. The molecule has 1 N–H and O–H groups in total. The van der Waals surface area contributed by atoms with Crippen molar-refractivity contribution in [3.8, 4) is 5.75 Å². The summed E-state index contributed by atoms with van der Waals surface area (Å²) in [5.41, 5.74) is 2.04. The van der Waals surface area contributed by atoms with E-state index in [1.165, 1.54) is 11.6 Å². The van der Waals surface area contributed by atoms with Crippen molar-refractivity contribution in [2.24, 2.45) is 0 Å². The number of nitro groups is 1. The Morgan fingerprint density at radius 3 is 2.54 bits per heavy atom. The van der Waals surface area contributed by atoms with E-state index in [1.54, 1.807) is 12.2 Å². The minimum atomic E-state index is -0.654. The molecule has 1 aliphatic heterocycles. The second-order valence-electron chi connectivity index (χ2n) is 6.08. The summed E-state index contributed by atoms with van der Waals surface area (Å²) in [6.07, 6.45) is 3.40. The van der Waals surface area contributed by atoms with Gasteiger partial charge in [0.25, 0.3) is 0 Å². The van der Waals surface area contributed by atoms with Gasteiger partial charge in [-0.3, -0.25) is 15.0 Å². The minimum Gasteiger partial charge on any atom is -0.502 e. The van der Waals surface area contributed by atoms with E-state index in [1.807, 2.05) is 12.1 Å². The summed E-state index contributed by atoms with van der Waals surface area (Å²) < 4.78 is 5.35. The largest absolute Gasteiger partial charge is 0.502 e. The van der Waals surface area contributed by atoms with Gasteiger partial charge >= 0.3 is 5.69 Å². The number of halogens is 1. The Labute approximate surface area is 156 Å². The van der Waals surface area contributed by atoms with Crippen LogP contribution in [0.4, 0.5) is 5.69 Å². The number of benzene rings is 2. The third kappa shape index (κ3) is 4.60. The summed E-state index contributed by atoms with van der Waals surface area (Å²) in [4.78, 5) is 12.6. The molecule has 2 aromatic carbocycles. The number of rotatable bonds is 5. The maximum absolute atomic E-state index is 11.0. The summed E-state index contributed by atoms with van der Waals surface area (Å²) in [5, 5.41) is 21.2. The van der Waals surface area contributed by atoms with Gasteiger partial charge in [0, 0.05) is 36.3 Å². The first-order valence-electron chi connectivity index (χ1n) is 8.27. The lowest BCUT2D eigenvalue weighted by molar-refractivity contribution is -0.385. The van der Waals surface area contributed by atoms with Gasteiger partial charge in [0.2, 0.25) is 5.75 Å². The summed E-state index contributed by atoms with van der Waals surface area (Å²) in [6, 6.07) is 10.7. The van der Waals surface area contributed by atoms with Gasteiger partial charge in [0.15, 0.2) is 0 Å². The second-order valence-corrected chi connectivity index (χ2v) is 6.52. The summed E-state index contributed by atoms with van der Waals surface area (Å²) in [5.74, 6) is -0.389. The quantitative estimate of drug-likeness (QED) is 0.487. The van der Waals surface area contributed by atoms with Crippen molar-refractivity contribution < 1.29 is 14.8 Å². The summed E-state index contributed by atoms with van der Waals surface area (Å²) >= 11 is 5.90. The van der Waals surface area contributed by atoms with E-state index in [0.717, 1.165) is 44.5 Å². The van der Waals surface area contributed by atoms with Crippen LogP contribution in [-0.2, 0) is 11.3 Å². The Morgan fingerprint density at radius 2 is 1.88 bits per heavy atom. The number of ether oxygens (including phenoxy) is 1. The zero-order chi connectivity index (χ0) is 18.5. The Bertz CT molecular complexity index is 815. The molecule has 3 rings (SSSR count). The molecule has 26 heavy (non-hydrogen) atoms. The second kappa shape index (κ2) is 8.31. The number of aromatic hydroxyl groups is 1. The zero-order valence-electron chi connectivity index (χ0n) is 14.1. The number of morpholine rings is 1. The van der Waals surface area contributed by atoms with Crippen molar-refractivity contribution in [1.82, 2.24) is 4.90 Å². The number of nitro benzene ring substituents is 1. The highest BCUT2D eigenvalue weighted by molar-refractivity contribution is 6.31. The Balaban J connectivity index is 1.72. The molecule has 0 bridgehead atoms. The maximum Gasteiger partial charge on any atom is 0.312 e. The number of hydrogen-bond acceptors (Lipinski definition) is 5. The van der Waals surface area contributed by atoms with Gasteiger partial charge in [-0.1, -0.05) is 48.0 Å². The van der Waals surface area contributed by atoms with E-state index in [-0.39, 0.29) is 10.8 Å². The number of hydrogen-bond donors (Lipinski definition) is 1. The highest BCUT2D eigenvalue weighted by Crippen LogP contribution is 2.34. The maximum atomic E-state index is 11.0. The summed E-state index contributed by atoms with van der Waals surface area (Å²) in [7, 11) is 0. The first kappa shape index (κ1) is 18.4. The molecule has 0 unspecified atom stereocenters. The fourth-order valence-corrected chi connectivity index (χ4v) is 3.03. The lowest BCUT2D eigenvalue weighted by atomic mass is 10.1. The fourth-order valence-electron chi connectivity index (χ4n) is 2.81. The molecule has 1 fully saturated rings. The van der Waals surface area contributed by atoms with Crippen molar-refractivity contribution in [1.29, 1.82) is 0 Å². The fraction of sp³-hybridized carbons (Fsp3) is 0.263. The van der Waals surface area contributed by atoms with Crippen molar-refractivity contribution in [3.05, 3.63) is 68.2 Å². The molecular formula is C19H19ClN2O4. The molecule has 136 valence electrons. The molecule has 0 spiro atoms. The van der Waals surface area contributed by atoms with Crippen LogP contribution in [0.2, 0.25) is 5.02 Å². The monoisotopic (exact) mass is 374 g/mol. The van der Waals surface area contributed by atoms with Gasteiger partial charge in [-0.05, 0) is 17.2 Å². The lowest BCUT2D eigenvalue weighted by Gasteiger charge is -2.26. The predicted octanol–water partition coefficient (Wildman–Crippen LogP) is 3.96. The van der Waals surface area contributed by atoms with Crippen LogP contribution < -0.4 is 0 Å². The minimum absolute atomic E-state index is 0.204. The van der Waals surface area contributed by atoms with Crippen LogP contribution in [0.15, 0.2) is 36.4 Å². The van der Waals surface area contributed by atoms with Crippen LogP contribution in [0, 0.1) is 10.1 Å². The zero-order valence-corrected chi connectivity index (χ0v) is 14.9. The molecule has 1 aliphatic rings. The van der Waals surface area contributed by atoms with Crippen molar-refractivity contribution in [3.63, 3.8) is 0 Å². The van der Waals surface area contributed by atoms with E-state index >= 15 is 0 Å². The molecule has 7 heteroatoms. The Morgan fingerprint density at radius 1 is 1.19 bits per heavy atom. The van der Waals surface area contributed by atoms with Crippen LogP contribution in [0.1, 0.15) is 16.7 Å². The van der Waals surface area contributed by atoms with Gasteiger partial charge in [0.1, 0.15) is 0 Å². The summed E-state index contributed by atoms with van der Waals surface area (Å²) in [6.45, 7) is 4.31. The molecule has 0 aliphatic carbocycles. The number of phenolic OH excluding ortho intramolecular Hbond substituents is 1. The highest BCUT2D eigenvalue weighted by Gasteiger charge is 2.17. The van der Waals surface area contributed by atoms with Crippen molar-refractivity contribution in [2.45, 2.75) is 6.54 Å². The average molecular weight is 375 g/mol. The first-order chi connectivity index (χ1) is 12.5. The predicted molar refractivity (Wildman–Crippen MR) is 101 cm³/mol. The van der Waals surface area contributed by atoms with Gasteiger partial charge in [-0.25, -0.2) is 0 Å². The van der Waals surface area contributed by atoms with Gasteiger partial charge < -0.3 is 9.84 Å². The van der Waals surface area contributed by atoms with Gasteiger partial charge in [0.05, 0.1) is 18.1 Å². The molecule has 6 nitrogen and oxygen atoms in total. The van der Waals surface area contributed by atoms with E-state index in [9.17, 15) is 15.2 Å². The van der Waals surface area contributed by atoms with Crippen LogP contribution in [0.25, 0.3) is 12.2 Å². The standard InChI is InChI=1S/C19H19ClN2O4/c20-17-11-16(19(23)18(12-17)22(24)25)6-5-14-1-3-15(4-2-14)13-21-7-9-26-10-8-21/h1-6,11-12,23H,7-10,13H2/b6-5+.